The summed E-state index contributed by atoms with van der Waals surface area (Å²) in [5.74, 6) is -1.82. The third-order valence-electron chi connectivity index (χ3n) is 5.51. The van der Waals surface area contributed by atoms with Gasteiger partial charge in [-0.05, 0) is 68.9 Å². The molecule has 3 rings (SSSR count). The van der Waals surface area contributed by atoms with E-state index >= 15 is 0 Å². The van der Waals surface area contributed by atoms with Crippen molar-refractivity contribution >= 4 is 21.9 Å². The van der Waals surface area contributed by atoms with Crippen LogP contribution in [0.2, 0.25) is 0 Å². The van der Waals surface area contributed by atoms with Crippen LogP contribution in [0.3, 0.4) is 0 Å². The number of amides is 1. The number of aryl methyl sites for hydroxylation is 1. The van der Waals surface area contributed by atoms with Crippen LogP contribution in [0, 0.1) is 18.7 Å². The van der Waals surface area contributed by atoms with E-state index in [-0.39, 0.29) is 23.8 Å². The second-order valence-electron chi connectivity index (χ2n) is 9.63. The van der Waals surface area contributed by atoms with Crippen LogP contribution in [-0.4, -0.2) is 56.2 Å². The SMILES string of the molecule is Cc1cc(-c2ccccc2)cc(C(=O)CNS(=O)(=O)CC2CCN(C(=O)OC(C)(C)C)C2)c1F. The summed E-state index contributed by atoms with van der Waals surface area (Å²) in [6.45, 7) is 7.00. The van der Waals surface area contributed by atoms with Crippen LogP contribution in [0.4, 0.5) is 9.18 Å². The van der Waals surface area contributed by atoms with E-state index in [4.69, 9.17) is 4.74 Å². The van der Waals surface area contributed by atoms with Gasteiger partial charge in [0.25, 0.3) is 0 Å². The van der Waals surface area contributed by atoms with Crippen LogP contribution in [0.15, 0.2) is 42.5 Å². The van der Waals surface area contributed by atoms with Gasteiger partial charge in [0.15, 0.2) is 5.78 Å². The molecule has 1 aliphatic rings. The number of ether oxygens (including phenoxy) is 1. The van der Waals surface area contributed by atoms with Crippen LogP contribution < -0.4 is 4.72 Å². The van der Waals surface area contributed by atoms with Crippen molar-refractivity contribution in [1.82, 2.24) is 9.62 Å². The number of hydrogen-bond acceptors (Lipinski definition) is 5. The summed E-state index contributed by atoms with van der Waals surface area (Å²) in [4.78, 5) is 26.4. The van der Waals surface area contributed by atoms with Crippen molar-refractivity contribution in [1.29, 1.82) is 0 Å². The molecule has 9 heteroatoms. The van der Waals surface area contributed by atoms with Gasteiger partial charge >= 0.3 is 6.09 Å². The van der Waals surface area contributed by atoms with Crippen molar-refractivity contribution in [3.8, 4) is 11.1 Å². The third kappa shape index (κ3) is 6.87. The summed E-state index contributed by atoms with van der Waals surface area (Å²) in [6, 6.07) is 12.4. The summed E-state index contributed by atoms with van der Waals surface area (Å²) in [5, 5.41) is 0. The first-order valence-corrected chi connectivity index (χ1v) is 12.8. The van der Waals surface area contributed by atoms with E-state index < -0.39 is 39.9 Å². The highest BCUT2D eigenvalue weighted by Crippen LogP contribution is 2.25. The zero-order chi connectivity index (χ0) is 25.1. The van der Waals surface area contributed by atoms with Gasteiger partial charge in [-0.25, -0.2) is 22.3 Å². The molecule has 1 atom stereocenters. The maximum atomic E-state index is 14.7. The zero-order valence-electron chi connectivity index (χ0n) is 19.9. The number of ketones is 1. The van der Waals surface area contributed by atoms with E-state index in [1.165, 1.54) is 11.0 Å². The summed E-state index contributed by atoms with van der Waals surface area (Å²) in [6.07, 6.45) is 0.0424. The van der Waals surface area contributed by atoms with E-state index in [0.29, 0.717) is 24.1 Å². The Kier molecular flexibility index (Phi) is 7.77. The molecule has 1 N–H and O–H groups in total. The van der Waals surface area contributed by atoms with Crippen molar-refractivity contribution < 1.29 is 27.1 Å². The van der Waals surface area contributed by atoms with E-state index in [0.717, 1.165) is 5.56 Å². The molecule has 2 aromatic carbocycles. The zero-order valence-corrected chi connectivity index (χ0v) is 20.7. The first-order valence-electron chi connectivity index (χ1n) is 11.2. The Morgan fingerprint density at radius 3 is 2.47 bits per heavy atom. The standard InChI is InChI=1S/C25H31FN2O5S/c1-17-12-20(19-8-6-5-7-9-19)13-21(23(17)26)22(29)14-27-34(31,32)16-18-10-11-28(15-18)24(30)33-25(2,3)4/h5-9,12-13,18,27H,10-11,14-16H2,1-4H3. The molecular weight excluding hydrogens is 459 g/mol. The molecule has 34 heavy (non-hydrogen) atoms. The smallest absolute Gasteiger partial charge is 0.410 e. The molecule has 7 nitrogen and oxygen atoms in total. The Morgan fingerprint density at radius 2 is 1.82 bits per heavy atom. The van der Waals surface area contributed by atoms with Crippen molar-refractivity contribution in [3.05, 3.63) is 59.4 Å². The number of sulfonamides is 1. The molecule has 1 aliphatic heterocycles. The number of nitrogens with zero attached hydrogens (tertiary/aromatic N) is 1. The van der Waals surface area contributed by atoms with Gasteiger partial charge < -0.3 is 9.64 Å². The normalized spacial score (nSPS) is 16.5. The van der Waals surface area contributed by atoms with Crippen LogP contribution >= 0.6 is 0 Å². The average Bonchev–Trinajstić information content (AvgIpc) is 3.21. The van der Waals surface area contributed by atoms with Gasteiger partial charge in [-0.2, -0.15) is 0 Å². The first-order chi connectivity index (χ1) is 15.8. The minimum atomic E-state index is -3.81. The minimum absolute atomic E-state index is 0.154. The maximum Gasteiger partial charge on any atom is 0.410 e. The van der Waals surface area contributed by atoms with Crippen molar-refractivity contribution in [2.24, 2.45) is 5.92 Å². The van der Waals surface area contributed by atoms with Gasteiger partial charge in [0.1, 0.15) is 11.4 Å². The molecule has 0 aromatic heterocycles. The minimum Gasteiger partial charge on any atom is -0.444 e. The summed E-state index contributed by atoms with van der Waals surface area (Å²) < 4.78 is 47.5. The highest BCUT2D eigenvalue weighted by Gasteiger charge is 2.32. The molecular formula is C25H31FN2O5S. The van der Waals surface area contributed by atoms with Crippen LogP contribution in [0.1, 0.15) is 43.1 Å². The number of halogens is 1. The van der Waals surface area contributed by atoms with Crippen LogP contribution in [0.25, 0.3) is 11.1 Å². The largest absolute Gasteiger partial charge is 0.444 e. The second-order valence-corrected chi connectivity index (χ2v) is 11.5. The molecule has 1 amide bonds. The lowest BCUT2D eigenvalue weighted by atomic mass is 9.98. The number of rotatable bonds is 7. The molecule has 0 aliphatic carbocycles. The Bertz CT molecular complexity index is 1160. The summed E-state index contributed by atoms with van der Waals surface area (Å²) in [7, 11) is -3.81. The van der Waals surface area contributed by atoms with Gasteiger partial charge in [0.05, 0.1) is 17.9 Å². The Morgan fingerprint density at radius 1 is 1.15 bits per heavy atom. The highest BCUT2D eigenvalue weighted by molar-refractivity contribution is 7.89. The average molecular weight is 491 g/mol. The van der Waals surface area contributed by atoms with Gasteiger partial charge in [0, 0.05) is 13.1 Å². The molecule has 0 bridgehead atoms. The van der Waals surface area contributed by atoms with Crippen molar-refractivity contribution in [3.63, 3.8) is 0 Å². The van der Waals surface area contributed by atoms with Crippen LogP contribution in [-0.2, 0) is 14.8 Å². The van der Waals surface area contributed by atoms with Gasteiger partial charge in [-0.3, -0.25) is 4.79 Å². The summed E-state index contributed by atoms with van der Waals surface area (Å²) in [5.41, 5.74) is 1.03. The van der Waals surface area contributed by atoms with Crippen molar-refractivity contribution in [2.45, 2.75) is 39.7 Å². The number of benzene rings is 2. The van der Waals surface area contributed by atoms with E-state index in [2.05, 4.69) is 4.72 Å². The topological polar surface area (TPSA) is 92.8 Å². The molecule has 0 saturated carbocycles. The lowest BCUT2D eigenvalue weighted by Gasteiger charge is -2.24. The molecule has 2 aromatic rings. The maximum absolute atomic E-state index is 14.7. The fourth-order valence-corrected chi connectivity index (χ4v) is 5.23. The lowest BCUT2D eigenvalue weighted by molar-refractivity contribution is 0.0289. The Balaban J connectivity index is 1.61. The first kappa shape index (κ1) is 25.8. The predicted molar refractivity (Wildman–Crippen MR) is 129 cm³/mol. The fourth-order valence-electron chi connectivity index (χ4n) is 3.87. The number of carbonyl (C=O) groups is 2. The molecule has 184 valence electrons. The number of carbonyl (C=O) groups excluding carboxylic acids is 2. The lowest BCUT2D eigenvalue weighted by Crippen LogP contribution is -2.37. The van der Waals surface area contributed by atoms with Gasteiger partial charge in [-0.1, -0.05) is 30.3 Å². The number of nitrogens with one attached hydrogen (secondary N) is 1. The Hall–Kier alpha value is -2.78. The fraction of sp³-hybridized carbons (Fsp3) is 0.440. The summed E-state index contributed by atoms with van der Waals surface area (Å²) >= 11 is 0. The molecule has 1 saturated heterocycles. The second kappa shape index (κ2) is 10.2. The third-order valence-corrected chi connectivity index (χ3v) is 7.00. The monoisotopic (exact) mass is 490 g/mol. The van der Waals surface area contributed by atoms with Crippen LogP contribution in [0.5, 0.6) is 0 Å². The Labute approximate surface area is 200 Å². The molecule has 0 spiro atoms. The molecule has 0 radical (unpaired) electrons. The molecule has 1 unspecified atom stereocenters. The van der Waals surface area contributed by atoms with Gasteiger partial charge in [0.2, 0.25) is 10.0 Å². The van der Waals surface area contributed by atoms with E-state index in [9.17, 15) is 22.4 Å². The highest BCUT2D eigenvalue weighted by atomic mass is 32.2. The van der Waals surface area contributed by atoms with E-state index in [1.807, 2.05) is 30.3 Å². The molecule has 1 fully saturated rings. The predicted octanol–water partition coefficient (Wildman–Crippen LogP) is 4.16. The van der Waals surface area contributed by atoms with E-state index in [1.54, 1.807) is 33.8 Å². The number of hydrogen-bond donors (Lipinski definition) is 1. The number of Topliss-reactive ketones (excluding diaryl/α,β-unsaturated/α-hetero) is 1. The van der Waals surface area contributed by atoms with Crippen molar-refractivity contribution in [2.75, 3.05) is 25.4 Å². The number of likely N-dealkylation sites (tertiary alicyclic amines) is 1. The quantitative estimate of drug-likeness (QED) is 0.589. The van der Waals surface area contributed by atoms with Gasteiger partial charge in [-0.15, -0.1) is 0 Å². The molecule has 1 heterocycles.